The molecular formula is C26H28ClN5OS. The average molecular weight is 494 g/mol. The number of aromatic nitrogens is 3. The lowest BCUT2D eigenvalue weighted by molar-refractivity contribution is 0.191. The van der Waals surface area contributed by atoms with Crippen LogP contribution in [0.2, 0.25) is 5.15 Å². The van der Waals surface area contributed by atoms with Gasteiger partial charge in [0.1, 0.15) is 16.0 Å². The molecule has 1 aliphatic carbocycles. The zero-order chi connectivity index (χ0) is 23.7. The topological polar surface area (TPSA) is 83.0 Å². The standard InChI is InChI=1S/C26H28ClN5OS/c1-15-16(2)20(12-18(15)14-33)29-24-22(25-30-19-10-6-7-11-21(19)34-25)23(27)31-26(32-24)28-13-17-8-4-3-5-9-17/h3-11,15-16,18,20,33H,12-14H2,1-2H3,(H2,28,29,31,32)/t15-,16+,18+,20?/m0/s1. The maximum atomic E-state index is 9.82. The van der Waals surface area contributed by atoms with E-state index in [-0.39, 0.29) is 18.6 Å². The minimum absolute atomic E-state index is 0.174. The van der Waals surface area contributed by atoms with E-state index >= 15 is 0 Å². The Balaban J connectivity index is 1.51. The minimum Gasteiger partial charge on any atom is -0.396 e. The summed E-state index contributed by atoms with van der Waals surface area (Å²) in [5, 5.41) is 17.9. The molecule has 34 heavy (non-hydrogen) atoms. The van der Waals surface area contributed by atoms with Crippen LogP contribution in [0.5, 0.6) is 0 Å². The zero-order valence-corrected chi connectivity index (χ0v) is 20.8. The number of para-hydroxylation sites is 1. The molecule has 2 heterocycles. The smallest absolute Gasteiger partial charge is 0.226 e. The molecule has 6 nitrogen and oxygen atoms in total. The first-order valence-corrected chi connectivity index (χ1v) is 12.8. The highest BCUT2D eigenvalue weighted by Crippen LogP contribution is 2.42. The zero-order valence-electron chi connectivity index (χ0n) is 19.2. The van der Waals surface area contributed by atoms with E-state index in [2.05, 4.69) is 47.7 Å². The lowest BCUT2D eigenvalue weighted by atomic mass is 9.92. The number of halogens is 1. The number of aliphatic hydroxyl groups excluding tert-OH is 1. The molecule has 1 saturated carbocycles. The Morgan fingerprint density at radius 1 is 1.00 bits per heavy atom. The molecule has 0 amide bonds. The molecule has 1 fully saturated rings. The summed E-state index contributed by atoms with van der Waals surface area (Å²) in [7, 11) is 0. The molecule has 0 aliphatic heterocycles. The molecule has 2 aromatic carbocycles. The lowest BCUT2D eigenvalue weighted by Crippen LogP contribution is -2.25. The second-order valence-electron chi connectivity index (χ2n) is 9.03. The number of nitrogens with zero attached hydrogens (tertiary/aromatic N) is 3. The quantitative estimate of drug-likeness (QED) is 0.270. The van der Waals surface area contributed by atoms with Crippen molar-refractivity contribution >= 4 is 44.9 Å². The first-order valence-electron chi connectivity index (χ1n) is 11.6. The third kappa shape index (κ3) is 4.60. The van der Waals surface area contributed by atoms with E-state index in [9.17, 15) is 5.11 Å². The monoisotopic (exact) mass is 493 g/mol. The van der Waals surface area contributed by atoms with Crippen LogP contribution in [-0.4, -0.2) is 32.7 Å². The van der Waals surface area contributed by atoms with Gasteiger partial charge in [-0.15, -0.1) is 11.3 Å². The maximum Gasteiger partial charge on any atom is 0.226 e. The van der Waals surface area contributed by atoms with Crippen LogP contribution in [0.4, 0.5) is 11.8 Å². The van der Waals surface area contributed by atoms with Gasteiger partial charge in [0.25, 0.3) is 0 Å². The molecule has 0 spiro atoms. The summed E-state index contributed by atoms with van der Waals surface area (Å²) in [5.41, 5.74) is 2.79. The van der Waals surface area contributed by atoms with Crippen LogP contribution < -0.4 is 10.6 Å². The molecule has 3 N–H and O–H groups in total. The minimum atomic E-state index is 0.174. The summed E-state index contributed by atoms with van der Waals surface area (Å²) in [6, 6.07) is 18.3. The molecule has 0 bridgehead atoms. The van der Waals surface area contributed by atoms with Crippen molar-refractivity contribution in [2.75, 3.05) is 17.2 Å². The average Bonchev–Trinajstić information content (AvgIpc) is 3.39. The van der Waals surface area contributed by atoms with Crippen LogP contribution in [0.25, 0.3) is 20.8 Å². The molecule has 2 aromatic heterocycles. The van der Waals surface area contributed by atoms with Gasteiger partial charge in [-0.2, -0.15) is 4.98 Å². The van der Waals surface area contributed by atoms with Crippen molar-refractivity contribution in [3.05, 3.63) is 65.3 Å². The Hall–Kier alpha value is -2.74. The Morgan fingerprint density at radius 3 is 2.50 bits per heavy atom. The second kappa shape index (κ2) is 9.86. The highest BCUT2D eigenvalue weighted by molar-refractivity contribution is 7.21. The largest absolute Gasteiger partial charge is 0.396 e. The van der Waals surface area contributed by atoms with E-state index in [0.717, 1.165) is 32.8 Å². The van der Waals surface area contributed by atoms with E-state index < -0.39 is 0 Å². The molecule has 1 unspecified atom stereocenters. The SMILES string of the molecule is C[C@@H]1[C@@H](CO)CC(Nc2nc(NCc3ccccc3)nc(Cl)c2-c2nc3ccccc3s2)[C@@H]1C. The predicted molar refractivity (Wildman–Crippen MR) is 140 cm³/mol. The van der Waals surface area contributed by atoms with E-state index in [1.54, 1.807) is 11.3 Å². The number of anilines is 2. The molecule has 4 aromatic rings. The number of aliphatic hydroxyl groups is 1. The highest BCUT2D eigenvalue weighted by atomic mass is 35.5. The Morgan fingerprint density at radius 2 is 1.76 bits per heavy atom. The van der Waals surface area contributed by atoms with Crippen molar-refractivity contribution in [2.24, 2.45) is 17.8 Å². The van der Waals surface area contributed by atoms with Gasteiger partial charge in [0, 0.05) is 19.2 Å². The molecule has 4 atom stereocenters. The normalized spacial score (nSPS) is 22.2. The number of nitrogens with one attached hydrogen (secondary N) is 2. The van der Waals surface area contributed by atoms with Crippen LogP contribution in [0.3, 0.4) is 0 Å². The van der Waals surface area contributed by atoms with Crippen molar-refractivity contribution in [1.29, 1.82) is 0 Å². The van der Waals surface area contributed by atoms with Crippen LogP contribution in [-0.2, 0) is 6.54 Å². The van der Waals surface area contributed by atoms with Gasteiger partial charge in [-0.1, -0.05) is 67.9 Å². The number of hydrogen-bond acceptors (Lipinski definition) is 7. The summed E-state index contributed by atoms with van der Waals surface area (Å²) in [6.45, 7) is 5.23. The van der Waals surface area contributed by atoms with Crippen LogP contribution in [0.15, 0.2) is 54.6 Å². The molecule has 0 radical (unpaired) electrons. The Labute approximate surface area is 208 Å². The van der Waals surface area contributed by atoms with E-state index in [4.69, 9.17) is 21.6 Å². The van der Waals surface area contributed by atoms with Crippen LogP contribution in [0, 0.1) is 17.8 Å². The molecule has 1 aliphatic rings. The van der Waals surface area contributed by atoms with Crippen molar-refractivity contribution in [2.45, 2.75) is 32.9 Å². The maximum absolute atomic E-state index is 9.82. The third-order valence-electron chi connectivity index (χ3n) is 6.99. The van der Waals surface area contributed by atoms with Crippen molar-refractivity contribution in [1.82, 2.24) is 15.0 Å². The molecule has 0 saturated heterocycles. The number of rotatable bonds is 7. The highest BCUT2D eigenvalue weighted by Gasteiger charge is 2.38. The van der Waals surface area contributed by atoms with Gasteiger partial charge >= 0.3 is 0 Å². The van der Waals surface area contributed by atoms with Gasteiger partial charge in [0.05, 0.1) is 15.8 Å². The van der Waals surface area contributed by atoms with Gasteiger partial charge in [-0.25, -0.2) is 9.97 Å². The number of hydrogen-bond donors (Lipinski definition) is 3. The van der Waals surface area contributed by atoms with Gasteiger partial charge in [0.2, 0.25) is 5.95 Å². The number of thiazole rings is 1. The number of fused-ring (bicyclic) bond motifs is 1. The Bertz CT molecular complexity index is 1250. The second-order valence-corrected chi connectivity index (χ2v) is 10.4. The molecule has 8 heteroatoms. The van der Waals surface area contributed by atoms with Crippen molar-refractivity contribution < 1.29 is 5.11 Å². The summed E-state index contributed by atoms with van der Waals surface area (Å²) in [4.78, 5) is 14.2. The van der Waals surface area contributed by atoms with Gasteiger partial charge < -0.3 is 15.7 Å². The van der Waals surface area contributed by atoms with E-state index in [0.29, 0.717) is 35.3 Å². The van der Waals surface area contributed by atoms with Crippen LogP contribution in [0.1, 0.15) is 25.8 Å². The first-order chi connectivity index (χ1) is 16.5. The summed E-state index contributed by atoms with van der Waals surface area (Å²) >= 11 is 8.36. The van der Waals surface area contributed by atoms with E-state index in [1.165, 1.54) is 0 Å². The summed E-state index contributed by atoms with van der Waals surface area (Å²) in [6.07, 6.45) is 0.881. The van der Waals surface area contributed by atoms with Gasteiger partial charge in [-0.3, -0.25) is 0 Å². The predicted octanol–water partition coefficient (Wildman–Crippen LogP) is 6.08. The Kier molecular flexibility index (Phi) is 6.68. The van der Waals surface area contributed by atoms with Gasteiger partial charge in [-0.05, 0) is 41.9 Å². The van der Waals surface area contributed by atoms with Crippen LogP contribution >= 0.6 is 22.9 Å². The first kappa shape index (κ1) is 23.0. The summed E-state index contributed by atoms with van der Waals surface area (Å²) < 4.78 is 1.09. The fraction of sp³-hybridized carbons (Fsp3) is 0.346. The number of benzene rings is 2. The summed E-state index contributed by atoms with van der Waals surface area (Å²) in [5.74, 6) is 2.22. The fourth-order valence-corrected chi connectivity index (χ4v) is 6.05. The van der Waals surface area contributed by atoms with E-state index in [1.807, 2.05) is 36.4 Å². The van der Waals surface area contributed by atoms with Crippen molar-refractivity contribution in [3.63, 3.8) is 0 Å². The lowest BCUT2D eigenvalue weighted by Gasteiger charge is -2.22. The third-order valence-corrected chi connectivity index (χ3v) is 8.31. The van der Waals surface area contributed by atoms with Gasteiger partial charge in [0.15, 0.2) is 0 Å². The molecule has 176 valence electrons. The molecule has 5 rings (SSSR count). The fourth-order valence-electron chi connectivity index (χ4n) is 4.72. The molecular weight excluding hydrogens is 466 g/mol. The van der Waals surface area contributed by atoms with Crippen molar-refractivity contribution in [3.8, 4) is 10.6 Å².